The molecule has 1 aliphatic rings. The second-order valence-corrected chi connectivity index (χ2v) is 6.64. The first-order valence-electron chi connectivity index (χ1n) is 8.00. The van der Waals surface area contributed by atoms with Gasteiger partial charge < -0.3 is 19.9 Å². The highest BCUT2D eigenvalue weighted by Gasteiger charge is 2.36. The number of nitrogens with one attached hydrogen (secondary N) is 2. The molecular weight excluding hydrogens is 388 g/mol. The molecule has 0 radical (unpaired) electrons. The van der Waals surface area contributed by atoms with E-state index in [2.05, 4.69) is 36.0 Å². The maximum absolute atomic E-state index is 13.2. The van der Waals surface area contributed by atoms with Gasteiger partial charge in [-0.15, -0.1) is 0 Å². The lowest BCUT2D eigenvalue weighted by Gasteiger charge is -2.28. The predicted molar refractivity (Wildman–Crippen MR) is 94.7 cm³/mol. The van der Waals surface area contributed by atoms with Crippen molar-refractivity contribution in [2.45, 2.75) is 24.9 Å². The SMILES string of the molecule is COC(=O)N[C@@H](C(=O)N1CCC[C@H]1c1ncc(Br)[nH]1)c1ccccc1. The molecule has 7 nitrogen and oxygen atoms in total. The number of hydrogen-bond acceptors (Lipinski definition) is 4. The van der Waals surface area contributed by atoms with Gasteiger partial charge in [-0.1, -0.05) is 30.3 Å². The fourth-order valence-electron chi connectivity index (χ4n) is 3.07. The minimum Gasteiger partial charge on any atom is -0.453 e. The van der Waals surface area contributed by atoms with Crippen molar-refractivity contribution >= 4 is 27.9 Å². The summed E-state index contributed by atoms with van der Waals surface area (Å²) < 4.78 is 5.46. The van der Waals surface area contributed by atoms with E-state index >= 15 is 0 Å². The van der Waals surface area contributed by atoms with Crippen LogP contribution >= 0.6 is 15.9 Å². The molecule has 0 aliphatic carbocycles. The average Bonchev–Trinajstić information content (AvgIpc) is 3.28. The normalized spacial score (nSPS) is 18.0. The zero-order chi connectivity index (χ0) is 17.8. The molecule has 1 aliphatic heterocycles. The molecule has 0 unspecified atom stereocenters. The first-order valence-corrected chi connectivity index (χ1v) is 8.79. The second-order valence-electron chi connectivity index (χ2n) is 5.79. The highest BCUT2D eigenvalue weighted by atomic mass is 79.9. The number of benzene rings is 1. The van der Waals surface area contributed by atoms with Crippen LogP contribution in [0.2, 0.25) is 0 Å². The molecule has 1 aromatic heterocycles. The van der Waals surface area contributed by atoms with Crippen molar-refractivity contribution in [3.63, 3.8) is 0 Å². The number of carbonyl (C=O) groups is 2. The summed E-state index contributed by atoms with van der Waals surface area (Å²) in [5.74, 6) is 0.564. The van der Waals surface area contributed by atoms with Crippen LogP contribution in [0.15, 0.2) is 41.1 Å². The summed E-state index contributed by atoms with van der Waals surface area (Å²) in [6, 6.07) is 8.22. The minimum absolute atomic E-state index is 0.135. The van der Waals surface area contributed by atoms with Crippen LogP contribution in [0.3, 0.4) is 0 Å². The Bertz CT molecular complexity index is 749. The molecule has 1 saturated heterocycles. The molecular formula is C17H19BrN4O3. The fourth-order valence-corrected chi connectivity index (χ4v) is 3.38. The molecule has 1 fully saturated rings. The summed E-state index contributed by atoms with van der Waals surface area (Å²) in [6.45, 7) is 0.619. The number of carbonyl (C=O) groups excluding carboxylic acids is 2. The van der Waals surface area contributed by atoms with Gasteiger partial charge in [-0.25, -0.2) is 9.78 Å². The lowest BCUT2D eigenvalue weighted by molar-refractivity contribution is -0.134. The van der Waals surface area contributed by atoms with Crippen molar-refractivity contribution in [1.29, 1.82) is 0 Å². The number of alkyl carbamates (subject to hydrolysis) is 1. The van der Waals surface area contributed by atoms with Gasteiger partial charge in [0.25, 0.3) is 5.91 Å². The Morgan fingerprint density at radius 1 is 1.40 bits per heavy atom. The fraction of sp³-hybridized carbons (Fsp3) is 0.353. The number of nitrogens with zero attached hydrogens (tertiary/aromatic N) is 2. The molecule has 2 aromatic rings. The molecule has 2 atom stereocenters. The van der Waals surface area contributed by atoms with Gasteiger partial charge in [-0.2, -0.15) is 0 Å². The Hall–Kier alpha value is -2.35. The summed E-state index contributed by atoms with van der Waals surface area (Å²) in [5.41, 5.74) is 0.712. The van der Waals surface area contributed by atoms with E-state index in [1.165, 1.54) is 7.11 Å². The summed E-state index contributed by atoms with van der Waals surface area (Å²) >= 11 is 3.35. The molecule has 1 aromatic carbocycles. The smallest absolute Gasteiger partial charge is 0.407 e. The highest BCUT2D eigenvalue weighted by Crippen LogP contribution is 2.33. The Kier molecular flexibility index (Phi) is 5.37. The first kappa shape index (κ1) is 17.5. The van der Waals surface area contributed by atoms with E-state index in [9.17, 15) is 9.59 Å². The first-order chi connectivity index (χ1) is 12.1. The molecule has 132 valence electrons. The number of aromatic nitrogens is 2. The van der Waals surface area contributed by atoms with Gasteiger partial charge in [0.2, 0.25) is 0 Å². The molecule has 2 heterocycles. The largest absolute Gasteiger partial charge is 0.453 e. The van der Waals surface area contributed by atoms with Crippen molar-refractivity contribution < 1.29 is 14.3 Å². The number of aromatic amines is 1. The molecule has 2 N–H and O–H groups in total. The molecule has 2 amide bonds. The van der Waals surface area contributed by atoms with E-state index in [1.807, 2.05) is 30.3 Å². The van der Waals surface area contributed by atoms with E-state index < -0.39 is 12.1 Å². The van der Waals surface area contributed by atoms with Crippen LogP contribution in [0.1, 0.15) is 36.3 Å². The van der Waals surface area contributed by atoms with E-state index in [0.29, 0.717) is 12.1 Å². The Morgan fingerprint density at radius 3 is 2.80 bits per heavy atom. The summed E-state index contributed by atoms with van der Waals surface area (Å²) in [4.78, 5) is 34.2. The van der Waals surface area contributed by atoms with Crippen molar-refractivity contribution in [3.8, 4) is 0 Å². The van der Waals surface area contributed by atoms with Gasteiger partial charge in [-0.3, -0.25) is 4.79 Å². The molecule has 0 bridgehead atoms. The lowest BCUT2D eigenvalue weighted by atomic mass is 10.1. The highest BCUT2D eigenvalue weighted by molar-refractivity contribution is 9.10. The van der Waals surface area contributed by atoms with Crippen LogP contribution in [-0.2, 0) is 9.53 Å². The third-order valence-corrected chi connectivity index (χ3v) is 4.65. The van der Waals surface area contributed by atoms with Crippen molar-refractivity contribution in [1.82, 2.24) is 20.2 Å². The zero-order valence-electron chi connectivity index (χ0n) is 13.7. The second kappa shape index (κ2) is 7.69. The van der Waals surface area contributed by atoms with Crippen LogP contribution in [0.25, 0.3) is 0 Å². The molecule has 0 saturated carbocycles. The third-order valence-electron chi connectivity index (χ3n) is 4.24. The van der Waals surface area contributed by atoms with Crippen molar-refractivity contribution in [3.05, 3.63) is 52.5 Å². The van der Waals surface area contributed by atoms with E-state index in [0.717, 1.165) is 23.3 Å². The maximum Gasteiger partial charge on any atom is 0.407 e. The van der Waals surface area contributed by atoms with Gasteiger partial charge in [-0.05, 0) is 34.3 Å². The zero-order valence-corrected chi connectivity index (χ0v) is 15.3. The molecule has 8 heteroatoms. The Morgan fingerprint density at radius 2 is 2.16 bits per heavy atom. The standard InChI is InChI=1S/C17H19BrN4O3/c1-25-17(24)21-14(11-6-3-2-4-7-11)16(23)22-9-5-8-12(22)15-19-10-13(18)20-15/h2-4,6-7,10,12,14H,5,8-9H2,1H3,(H,19,20)(H,21,24)/t12-,14+/m0/s1. The van der Waals surface area contributed by atoms with Gasteiger partial charge in [0.1, 0.15) is 16.5 Å². The van der Waals surface area contributed by atoms with Gasteiger partial charge in [0.05, 0.1) is 19.3 Å². The maximum atomic E-state index is 13.2. The van der Waals surface area contributed by atoms with Crippen molar-refractivity contribution in [2.24, 2.45) is 0 Å². The molecule has 0 spiro atoms. The van der Waals surface area contributed by atoms with Gasteiger partial charge in [0.15, 0.2) is 0 Å². The van der Waals surface area contributed by atoms with Crippen LogP contribution in [0.5, 0.6) is 0 Å². The Labute approximate surface area is 153 Å². The topological polar surface area (TPSA) is 87.3 Å². The van der Waals surface area contributed by atoms with E-state index in [-0.39, 0.29) is 11.9 Å². The molecule has 3 rings (SSSR count). The van der Waals surface area contributed by atoms with E-state index in [1.54, 1.807) is 11.1 Å². The number of amides is 2. The summed E-state index contributed by atoms with van der Waals surface area (Å²) in [5, 5.41) is 2.64. The van der Waals surface area contributed by atoms with Crippen LogP contribution < -0.4 is 5.32 Å². The summed E-state index contributed by atoms with van der Waals surface area (Å²) in [6.07, 6.45) is 2.75. The predicted octanol–water partition coefficient (Wildman–Crippen LogP) is 2.93. The lowest BCUT2D eigenvalue weighted by Crippen LogP contribution is -2.42. The number of hydrogen-bond donors (Lipinski definition) is 2. The average molecular weight is 407 g/mol. The number of ether oxygens (including phenoxy) is 1. The monoisotopic (exact) mass is 406 g/mol. The number of methoxy groups -OCH3 is 1. The van der Waals surface area contributed by atoms with E-state index in [4.69, 9.17) is 0 Å². The number of halogens is 1. The van der Waals surface area contributed by atoms with Gasteiger partial charge in [0, 0.05) is 6.54 Å². The number of imidazole rings is 1. The Balaban J connectivity index is 1.87. The quantitative estimate of drug-likeness (QED) is 0.816. The van der Waals surface area contributed by atoms with Crippen molar-refractivity contribution in [2.75, 3.05) is 13.7 Å². The third kappa shape index (κ3) is 3.84. The minimum atomic E-state index is -0.798. The van der Waals surface area contributed by atoms with Crippen LogP contribution in [0.4, 0.5) is 4.79 Å². The number of H-pyrrole nitrogens is 1. The van der Waals surface area contributed by atoms with Crippen LogP contribution in [-0.4, -0.2) is 40.5 Å². The van der Waals surface area contributed by atoms with Gasteiger partial charge >= 0.3 is 6.09 Å². The number of likely N-dealkylation sites (tertiary alicyclic amines) is 1. The molecule has 25 heavy (non-hydrogen) atoms. The van der Waals surface area contributed by atoms with Crippen LogP contribution in [0, 0.1) is 0 Å². The number of rotatable bonds is 4. The summed E-state index contributed by atoms with van der Waals surface area (Å²) in [7, 11) is 1.28.